The Morgan fingerprint density at radius 1 is 1.03 bits per heavy atom. The van der Waals surface area contributed by atoms with Crippen molar-refractivity contribution < 1.29 is 19.2 Å². The van der Waals surface area contributed by atoms with E-state index in [-0.39, 0.29) is 29.6 Å². The quantitative estimate of drug-likeness (QED) is 0.270. The molecule has 0 aliphatic carbocycles. The number of anilines is 1. The topological polar surface area (TPSA) is 131 Å². The lowest BCUT2D eigenvalue weighted by Gasteiger charge is -2.15. The standard InChI is InChI=1S/C24H39N5O5/c1-4-7-9-11-13-15-19(30)18(14-12-10-8-5-2)23(32)34-29-16-26-21-20(29)22(31)27-24(25)28(21)17-33-6-3/h16,18H,4-15,17H2,1-3H3,(H2,25,27,31). The number of ether oxygens (including phenoxy) is 1. The van der Waals surface area contributed by atoms with Gasteiger partial charge in [0.1, 0.15) is 24.8 Å². The fourth-order valence-electron chi connectivity index (χ4n) is 3.84. The molecule has 2 N–H and O–H groups in total. The molecule has 1 atom stereocenters. The van der Waals surface area contributed by atoms with Crippen LogP contribution in [0.2, 0.25) is 0 Å². The molecule has 2 rings (SSSR count). The normalized spacial score (nSPS) is 12.2. The Kier molecular flexibility index (Phi) is 11.7. The first kappa shape index (κ1) is 27.5. The van der Waals surface area contributed by atoms with Crippen LogP contribution in [0.4, 0.5) is 5.95 Å². The van der Waals surface area contributed by atoms with Gasteiger partial charge in [-0.05, 0) is 19.8 Å². The predicted octanol–water partition coefficient (Wildman–Crippen LogP) is 3.64. The van der Waals surface area contributed by atoms with E-state index in [2.05, 4.69) is 23.8 Å². The third-order valence-electron chi connectivity index (χ3n) is 5.83. The molecule has 1 unspecified atom stereocenters. The van der Waals surface area contributed by atoms with Crippen LogP contribution >= 0.6 is 0 Å². The summed E-state index contributed by atoms with van der Waals surface area (Å²) in [6, 6.07) is 0. The van der Waals surface area contributed by atoms with Crippen LogP contribution in [0, 0.1) is 5.92 Å². The van der Waals surface area contributed by atoms with Gasteiger partial charge >= 0.3 is 11.5 Å². The molecular formula is C24H39N5O5. The highest BCUT2D eigenvalue weighted by Crippen LogP contribution is 2.18. The number of nitrogens with two attached hydrogens (primary N) is 1. The Hall–Kier alpha value is -2.75. The van der Waals surface area contributed by atoms with E-state index in [0.29, 0.717) is 19.4 Å². The molecule has 0 saturated carbocycles. The molecule has 0 fully saturated rings. The second-order valence-corrected chi connectivity index (χ2v) is 8.51. The lowest BCUT2D eigenvalue weighted by Crippen LogP contribution is -2.33. The summed E-state index contributed by atoms with van der Waals surface area (Å²) in [5.74, 6) is -1.71. The van der Waals surface area contributed by atoms with Gasteiger partial charge in [-0.3, -0.25) is 14.2 Å². The smallest absolute Gasteiger partial charge is 0.343 e. The first-order valence-corrected chi connectivity index (χ1v) is 12.5. The summed E-state index contributed by atoms with van der Waals surface area (Å²) >= 11 is 0. The van der Waals surface area contributed by atoms with Crippen LogP contribution in [0.5, 0.6) is 0 Å². The number of fused-ring (bicyclic) bond motifs is 1. The zero-order valence-corrected chi connectivity index (χ0v) is 20.8. The van der Waals surface area contributed by atoms with Gasteiger partial charge in [0.2, 0.25) is 5.95 Å². The van der Waals surface area contributed by atoms with Crippen LogP contribution in [0.25, 0.3) is 11.2 Å². The average Bonchev–Trinajstić information content (AvgIpc) is 3.22. The third kappa shape index (κ3) is 7.65. The number of rotatable bonds is 17. The highest BCUT2D eigenvalue weighted by molar-refractivity contribution is 5.99. The van der Waals surface area contributed by atoms with E-state index >= 15 is 0 Å². The van der Waals surface area contributed by atoms with Crippen molar-refractivity contribution in [1.29, 1.82) is 0 Å². The number of nitrogen functional groups attached to an aromatic ring is 1. The fourth-order valence-corrected chi connectivity index (χ4v) is 3.84. The number of unbranched alkanes of at least 4 members (excludes halogenated alkanes) is 7. The van der Waals surface area contributed by atoms with Crippen LogP contribution in [-0.4, -0.2) is 37.6 Å². The van der Waals surface area contributed by atoms with Gasteiger partial charge in [0, 0.05) is 13.0 Å². The zero-order valence-electron chi connectivity index (χ0n) is 20.8. The van der Waals surface area contributed by atoms with Crippen LogP contribution in [0.15, 0.2) is 11.1 Å². The molecule has 10 nitrogen and oxygen atoms in total. The lowest BCUT2D eigenvalue weighted by molar-refractivity contribution is -0.152. The van der Waals surface area contributed by atoms with Gasteiger partial charge in [-0.25, -0.2) is 9.78 Å². The van der Waals surface area contributed by atoms with E-state index in [9.17, 15) is 14.4 Å². The van der Waals surface area contributed by atoms with E-state index < -0.39 is 17.4 Å². The van der Waals surface area contributed by atoms with Crippen LogP contribution < -0.4 is 16.1 Å². The summed E-state index contributed by atoms with van der Waals surface area (Å²) in [7, 11) is 0. The number of hydrogen-bond acceptors (Lipinski definition) is 8. The molecule has 0 spiro atoms. The molecule has 0 saturated heterocycles. The number of ketones is 1. The SMILES string of the molecule is CCCCCCCC(=O)C(CCCCCC)C(=O)On1cnc2c1c(=O)nc(N)n2COCC. The second-order valence-electron chi connectivity index (χ2n) is 8.51. The average molecular weight is 478 g/mol. The van der Waals surface area contributed by atoms with Crippen LogP contribution in [-0.2, 0) is 21.1 Å². The second kappa shape index (κ2) is 14.5. The largest absolute Gasteiger partial charge is 0.369 e. The highest BCUT2D eigenvalue weighted by Gasteiger charge is 2.29. The van der Waals surface area contributed by atoms with Crippen molar-refractivity contribution in [3.05, 3.63) is 16.7 Å². The molecular weight excluding hydrogens is 438 g/mol. The molecule has 0 radical (unpaired) electrons. The van der Waals surface area contributed by atoms with Gasteiger partial charge in [-0.15, -0.1) is 0 Å². The van der Waals surface area contributed by atoms with E-state index in [4.69, 9.17) is 15.3 Å². The Morgan fingerprint density at radius 3 is 2.38 bits per heavy atom. The Morgan fingerprint density at radius 2 is 1.71 bits per heavy atom. The summed E-state index contributed by atoms with van der Waals surface area (Å²) in [4.78, 5) is 51.9. The van der Waals surface area contributed by atoms with Crippen molar-refractivity contribution in [3.8, 4) is 0 Å². The van der Waals surface area contributed by atoms with Gasteiger partial charge in [-0.2, -0.15) is 9.71 Å². The molecule has 0 aliphatic rings. The molecule has 190 valence electrons. The van der Waals surface area contributed by atoms with Crippen molar-refractivity contribution in [2.24, 2.45) is 5.92 Å². The molecule has 34 heavy (non-hydrogen) atoms. The fraction of sp³-hybridized carbons (Fsp3) is 0.708. The number of nitrogens with zero attached hydrogens (tertiary/aromatic N) is 4. The summed E-state index contributed by atoms with van der Waals surface area (Å²) in [5, 5.41) is 0. The number of carbonyl (C=O) groups is 2. The van der Waals surface area contributed by atoms with E-state index in [1.807, 2.05) is 6.92 Å². The number of carbonyl (C=O) groups excluding carboxylic acids is 2. The maximum absolute atomic E-state index is 13.1. The molecule has 0 aromatic carbocycles. The summed E-state index contributed by atoms with van der Waals surface area (Å²) in [6.07, 6.45) is 10.9. The Bertz CT molecular complexity index is 984. The molecule has 2 heterocycles. The molecule has 2 aromatic heterocycles. The summed E-state index contributed by atoms with van der Waals surface area (Å²) < 4.78 is 7.79. The Balaban J connectivity index is 2.19. The first-order chi connectivity index (χ1) is 16.4. The number of hydrogen-bond donors (Lipinski definition) is 1. The molecule has 0 amide bonds. The summed E-state index contributed by atoms with van der Waals surface area (Å²) in [5.41, 5.74) is 5.35. The number of Topliss-reactive ketones (excluding diaryl/α,β-unsaturated/α-hetero) is 1. The van der Waals surface area contributed by atoms with Crippen molar-refractivity contribution >= 4 is 28.9 Å². The third-order valence-corrected chi connectivity index (χ3v) is 5.83. The predicted molar refractivity (Wildman–Crippen MR) is 130 cm³/mol. The van der Waals surface area contributed by atoms with Crippen molar-refractivity contribution in [3.63, 3.8) is 0 Å². The van der Waals surface area contributed by atoms with Gasteiger partial charge in [-0.1, -0.05) is 65.2 Å². The lowest BCUT2D eigenvalue weighted by atomic mass is 9.93. The minimum Gasteiger partial charge on any atom is -0.369 e. The maximum Gasteiger partial charge on any atom is 0.343 e. The van der Waals surface area contributed by atoms with Crippen molar-refractivity contribution in [1.82, 2.24) is 19.3 Å². The van der Waals surface area contributed by atoms with E-state index in [1.54, 1.807) is 0 Å². The van der Waals surface area contributed by atoms with Crippen LogP contribution in [0.3, 0.4) is 0 Å². The zero-order chi connectivity index (χ0) is 24.9. The first-order valence-electron chi connectivity index (χ1n) is 12.5. The van der Waals surface area contributed by atoms with Gasteiger partial charge in [0.25, 0.3) is 0 Å². The number of aromatic nitrogens is 4. The van der Waals surface area contributed by atoms with Gasteiger partial charge in [0.05, 0.1) is 0 Å². The molecule has 0 bridgehead atoms. The Labute approximate surface area is 200 Å². The van der Waals surface area contributed by atoms with Crippen molar-refractivity contribution in [2.45, 2.75) is 98.1 Å². The molecule has 0 aliphatic heterocycles. The monoisotopic (exact) mass is 477 g/mol. The van der Waals surface area contributed by atoms with Gasteiger partial charge in [0.15, 0.2) is 11.2 Å². The van der Waals surface area contributed by atoms with Gasteiger partial charge < -0.3 is 15.3 Å². The van der Waals surface area contributed by atoms with Crippen molar-refractivity contribution in [2.75, 3.05) is 12.3 Å². The van der Waals surface area contributed by atoms with E-state index in [1.165, 1.54) is 10.9 Å². The summed E-state index contributed by atoms with van der Waals surface area (Å²) in [6.45, 7) is 6.56. The maximum atomic E-state index is 13.1. The molecule has 10 heteroatoms. The molecule has 2 aromatic rings. The minimum absolute atomic E-state index is 0.0287. The highest BCUT2D eigenvalue weighted by atomic mass is 16.7. The van der Waals surface area contributed by atoms with Crippen LogP contribution in [0.1, 0.15) is 91.4 Å². The minimum atomic E-state index is -0.868. The number of imidazole rings is 1. The van der Waals surface area contributed by atoms with E-state index in [0.717, 1.165) is 62.5 Å².